The van der Waals surface area contributed by atoms with Crippen LogP contribution in [0.3, 0.4) is 0 Å². The van der Waals surface area contributed by atoms with E-state index < -0.39 is 22.0 Å². The number of sulfonamides is 1. The molecular weight excluding hydrogens is 589 g/mol. The lowest BCUT2D eigenvalue weighted by molar-refractivity contribution is 0.0975. The molecule has 0 aliphatic carbocycles. The highest BCUT2D eigenvalue weighted by Gasteiger charge is 2.20. The molecule has 0 fully saturated rings. The average molecular weight is 629 g/mol. The number of halogens is 2. The molecule has 4 N–H and O–H groups in total. The molecule has 0 aliphatic rings. The number of aromatic nitrogens is 1. The molecule has 0 saturated carbocycles. The molecule has 0 radical (unpaired) electrons. The number of hydrogen-bond donors (Lipinski definition) is 4. The van der Waals surface area contributed by atoms with Gasteiger partial charge in [0.15, 0.2) is 0 Å². The number of carbonyl (C=O) groups is 1. The second kappa shape index (κ2) is 17.9. The van der Waals surface area contributed by atoms with Gasteiger partial charge in [0.2, 0.25) is 10.0 Å². The summed E-state index contributed by atoms with van der Waals surface area (Å²) < 4.78 is 32.1. The van der Waals surface area contributed by atoms with E-state index in [0.29, 0.717) is 12.3 Å². The molecular formula is C29H39Cl2N3O6S. The zero-order valence-corrected chi connectivity index (χ0v) is 25.6. The first-order valence-electron chi connectivity index (χ1n) is 13.0. The van der Waals surface area contributed by atoms with Crippen molar-refractivity contribution in [1.29, 1.82) is 0 Å². The Balaban J connectivity index is 0.00000420. The van der Waals surface area contributed by atoms with Crippen molar-refractivity contribution >= 4 is 40.7 Å². The number of aliphatic hydroxyl groups is 2. The van der Waals surface area contributed by atoms with Gasteiger partial charge in [-0.15, -0.1) is 24.8 Å². The fourth-order valence-electron chi connectivity index (χ4n) is 3.95. The Bertz CT molecular complexity index is 1310. The van der Waals surface area contributed by atoms with Gasteiger partial charge in [-0.2, -0.15) is 0 Å². The third kappa shape index (κ3) is 12.0. The summed E-state index contributed by atoms with van der Waals surface area (Å²) in [4.78, 5) is 16.7. The van der Waals surface area contributed by atoms with Crippen LogP contribution in [0.15, 0.2) is 67.0 Å². The van der Waals surface area contributed by atoms with E-state index in [1.165, 1.54) is 5.56 Å². The Morgan fingerprint density at radius 3 is 2.37 bits per heavy atom. The number of carbonyl (C=O) groups excluding carboxylic acids is 1. The molecule has 3 aromatic rings. The molecule has 1 heterocycles. The number of pyridine rings is 1. The molecule has 1 aromatic heterocycles. The molecule has 1 atom stereocenters. The lowest BCUT2D eigenvalue weighted by Crippen LogP contribution is -2.33. The molecule has 0 unspecified atom stereocenters. The van der Waals surface area contributed by atoms with Crippen LogP contribution in [0.4, 0.5) is 0 Å². The van der Waals surface area contributed by atoms with Crippen molar-refractivity contribution in [3.05, 3.63) is 83.7 Å². The van der Waals surface area contributed by atoms with Crippen molar-refractivity contribution in [3.63, 3.8) is 0 Å². The van der Waals surface area contributed by atoms with E-state index in [1.54, 1.807) is 36.7 Å². The fraction of sp³-hybridized carbons (Fsp3) is 0.379. The second-order valence-electron chi connectivity index (χ2n) is 9.51. The fourth-order valence-corrected chi connectivity index (χ4v) is 4.96. The summed E-state index contributed by atoms with van der Waals surface area (Å²) in [5.74, 6) is -0.822. The maximum Gasteiger partial charge on any atom is 0.268 e. The molecule has 0 aliphatic heterocycles. The first-order chi connectivity index (χ1) is 18.7. The first-order valence-corrected chi connectivity index (χ1v) is 14.7. The normalized spacial score (nSPS) is 11.7. The third-order valence-corrected chi connectivity index (χ3v) is 7.24. The smallest absolute Gasteiger partial charge is 0.268 e. The van der Waals surface area contributed by atoms with Gasteiger partial charge >= 0.3 is 0 Å². The molecule has 41 heavy (non-hydrogen) atoms. The number of amides is 1. The molecule has 12 heteroatoms. The van der Waals surface area contributed by atoms with Crippen molar-refractivity contribution < 1.29 is 28.2 Å². The Hall–Kier alpha value is -2.73. The maximum atomic E-state index is 12.7. The third-order valence-electron chi connectivity index (χ3n) is 5.92. The van der Waals surface area contributed by atoms with Gasteiger partial charge in [-0.05, 0) is 74.5 Å². The lowest BCUT2D eigenvalue weighted by atomic mass is 10.00. The molecule has 1 amide bonds. The Kier molecular flexibility index (Phi) is 15.9. The van der Waals surface area contributed by atoms with Crippen LogP contribution in [0.1, 0.15) is 54.3 Å². The van der Waals surface area contributed by atoms with Gasteiger partial charge in [0, 0.05) is 31.1 Å². The van der Waals surface area contributed by atoms with Crippen molar-refractivity contribution in [2.75, 3.05) is 25.4 Å². The highest BCUT2D eigenvalue weighted by Crippen LogP contribution is 2.29. The number of rotatable bonds is 15. The van der Waals surface area contributed by atoms with E-state index in [-0.39, 0.29) is 55.3 Å². The minimum atomic E-state index is -3.87. The number of hydrogen-bond acceptors (Lipinski definition) is 8. The summed E-state index contributed by atoms with van der Waals surface area (Å²) in [6.45, 7) is 4.62. The lowest BCUT2D eigenvalue weighted by Gasteiger charge is -2.16. The SMILES string of the molecule is CC(C)Oc1cc(-c2ccc(CCCNC[C@H](O)c3cccnc3)cc2)ccc1C(=O)NS(=O)(=O)CCCO.Cl.Cl. The van der Waals surface area contributed by atoms with Crippen LogP contribution in [0.2, 0.25) is 0 Å². The number of ether oxygens (including phenoxy) is 1. The highest BCUT2D eigenvalue weighted by molar-refractivity contribution is 7.90. The van der Waals surface area contributed by atoms with Gasteiger partial charge in [-0.3, -0.25) is 9.78 Å². The van der Waals surface area contributed by atoms with Crippen LogP contribution < -0.4 is 14.8 Å². The Morgan fingerprint density at radius 2 is 1.73 bits per heavy atom. The molecule has 2 aromatic carbocycles. The van der Waals surface area contributed by atoms with E-state index in [9.17, 15) is 18.3 Å². The summed E-state index contributed by atoms with van der Waals surface area (Å²) in [5, 5.41) is 22.4. The van der Waals surface area contributed by atoms with Gasteiger partial charge in [0.05, 0.1) is 23.5 Å². The van der Waals surface area contributed by atoms with E-state index >= 15 is 0 Å². The van der Waals surface area contributed by atoms with E-state index in [1.807, 2.05) is 32.0 Å². The van der Waals surface area contributed by atoms with Crippen molar-refractivity contribution in [3.8, 4) is 16.9 Å². The quantitative estimate of drug-likeness (QED) is 0.185. The van der Waals surface area contributed by atoms with Crippen LogP contribution in [-0.2, 0) is 16.4 Å². The predicted octanol–water partition coefficient (Wildman–Crippen LogP) is 4.08. The van der Waals surface area contributed by atoms with Crippen molar-refractivity contribution in [2.24, 2.45) is 0 Å². The summed E-state index contributed by atoms with van der Waals surface area (Å²) in [5.41, 5.74) is 3.86. The molecule has 3 rings (SSSR count). The van der Waals surface area contributed by atoms with Gasteiger partial charge < -0.3 is 20.3 Å². The van der Waals surface area contributed by atoms with E-state index in [0.717, 1.165) is 36.1 Å². The van der Waals surface area contributed by atoms with Gasteiger partial charge in [-0.25, -0.2) is 13.1 Å². The molecule has 9 nitrogen and oxygen atoms in total. The average Bonchev–Trinajstić information content (AvgIpc) is 2.92. The molecule has 0 saturated heterocycles. The Morgan fingerprint density at radius 1 is 1.02 bits per heavy atom. The van der Waals surface area contributed by atoms with Crippen LogP contribution in [0.5, 0.6) is 5.75 Å². The van der Waals surface area contributed by atoms with Crippen molar-refractivity contribution in [1.82, 2.24) is 15.0 Å². The van der Waals surface area contributed by atoms with E-state index in [4.69, 9.17) is 9.84 Å². The van der Waals surface area contributed by atoms with Crippen LogP contribution in [0, 0.1) is 0 Å². The largest absolute Gasteiger partial charge is 0.490 e. The summed E-state index contributed by atoms with van der Waals surface area (Å²) in [6, 6.07) is 16.8. The number of nitrogens with zero attached hydrogens (tertiary/aromatic N) is 1. The molecule has 0 spiro atoms. The topological polar surface area (TPSA) is 138 Å². The number of benzene rings is 2. The summed E-state index contributed by atoms with van der Waals surface area (Å²) in [7, 11) is -3.87. The van der Waals surface area contributed by atoms with Crippen molar-refractivity contribution in [2.45, 2.75) is 45.3 Å². The minimum Gasteiger partial charge on any atom is -0.490 e. The minimum absolute atomic E-state index is 0. The number of nitrogens with one attached hydrogen (secondary N) is 2. The zero-order valence-electron chi connectivity index (χ0n) is 23.2. The van der Waals surface area contributed by atoms with Gasteiger partial charge in [0.1, 0.15) is 5.75 Å². The standard InChI is InChI=1S/C29H37N3O6S.2ClH/c1-21(2)38-28-18-24(12-13-26(28)29(35)32-39(36,37)17-5-16-33)23-10-8-22(9-11-23)6-3-14-31-20-27(34)25-7-4-15-30-19-25;;/h4,7-13,15,18-19,21,27,31,33-34H,3,5-6,14,16-17,20H2,1-2H3,(H,32,35);2*1H/t27-;;/m0../s1. The predicted molar refractivity (Wildman–Crippen MR) is 165 cm³/mol. The maximum absolute atomic E-state index is 12.7. The van der Waals surface area contributed by atoms with Crippen LogP contribution >= 0.6 is 24.8 Å². The van der Waals surface area contributed by atoms with Gasteiger partial charge in [-0.1, -0.05) is 36.4 Å². The summed E-state index contributed by atoms with van der Waals surface area (Å²) >= 11 is 0. The van der Waals surface area contributed by atoms with Gasteiger partial charge in [0.25, 0.3) is 5.91 Å². The van der Waals surface area contributed by atoms with E-state index in [2.05, 4.69) is 27.2 Å². The molecule has 226 valence electrons. The number of aliphatic hydroxyl groups excluding tert-OH is 2. The monoisotopic (exact) mass is 627 g/mol. The zero-order chi connectivity index (χ0) is 28.3. The first kappa shape index (κ1) is 36.3. The number of aryl methyl sites for hydroxylation is 1. The molecule has 0 bridgehead atoms. The Labute approximate surface area is 254 Å². The summed E-state index contributed by atoms with van der Waals surface area (Å²) in [6.07, 6.45) is 4.37. The second-order valence-corrected chi connectivity index (χ2v) is 11.4. The highest BCUT2D eigenvalue weighted by atomic mass is 35.5. The van der Waals surface area contributed by atoms with Crippen LogP contribution in [0.25, 0.3) is 11.1 Å². The van der Waals surface area contributed by atoms with Crippen LogP contribution in [-0.4, -0.2) is 61.1 Å².